The molecule has 0 bridgehead atoms. The largest absolute Gasteiger partial charge is 0.468 e. The van der Waals surface area contributed by atoms with Crippen LogP contribution in [0.1, 0.15) is 57.3 Å². The maximum Gasteiger partial charge on any atom is 0.191 e. The average Bonchev–Trinajstić information content (AvgIpc) is 3.29. The zero-order valence-corrected chi connectivity index (χ0v) is 20.6. The zero-order valence-electron chi connectivity index (χ0n) is 18.3. The van der Waals surface area contributed by atoms with Gasteiger partial charge in [-0.05, 0) is 64.3 Å². The molecule has 172 valence electrons. The van der Waals surface area contributed by atoms with E-state index in [4.69, 9.17) is 18.9 Å². The van der Waals surface area contributed by atoms with Crippen LogP contribution in [-0.2, 0) is 9.47 Å². The van der Waals surface area contributed by atoms with Crippen LogP contribution in [-0.4, -0.2) is 69.5 Å². The van der Waals surface area contributed by atoms with Crippen LogP contribution in [0.5, 0.6) is 0 Å². The van der Waals surface area contributed by atoms with E-state index in [9.17, 15) is 0 Å². The van der Waals surface area contributed by atoms with E-state index in [1.807, 2.05) is 6.07 Å². The molecule has 8 heteroatoms. The van der Waals surface area contributed by atoms with E-state index in [1.165, 1.54) is 19.3 Å². The first kappa shape index (κ1) is 25.4. The normalized spacial score (nSPS) is 19.8. The number of hydrogen-bond acceptors (Lipinski definition) is 5. The van der Waals surface area contributed by atoms with Crippen LogP contribution in [0.4, 0.5) is 0 Å². The minimum atomic E-state index is 0. The number of furan rings is 1. The number of likely N-dealkylation sites (tertiary alicyclic amines) is 1. The highest BCUT2D eigenvalue weighted by molar-refractivity contribution is 14.0. The molecule has 7 nitrogen and oxygen atoms in total. The smallest absolute Gasteiger partial charge is 0.191 e. The Bertz CT molecular complexity index is 573. The third-order valence-corrected chi connectivity index (χ3v) is 5.61. The monoisotopic (exact) mass is 534 g/mol. The number of guanidine groups is 1. The molecule has 1 aromatic rings. The van der Waals surface area contributed by atoms with Gasteiger partial charge in [-0.2, -0.15) is 0 Å². The van der Waals surface area contributed by atoms with Crippen LogP contribution in [0.3, 0.4) is 0 Å². The molecular formula is C22H39IN4O3. The zero-order chi connectivity index (χ0) is 20.2. The predicted octanol–water partition coefficient (Wildman–Crippen LogP) is 3.57. The molecule has 2 fully saturated rings. The maximum absolute atomic E-state index is 5.95. The summed E-state index contributed by atoms with van der Waals surface area (Å²) in [5.41, 5.74) is 0. The summed E-state index contributed by atoms with van der Waals surface area (Å²) in [5.74, 6) is 1.88. The average molecular weight is 534 g/mol. The van der Waals surface area contributed by atoms with E-state index < -0.39 is 0 Å². The van der Waals surface area contributed by atoms with Crippen molar-refractivity contribution in [1.29, 1.82) is 0 Å². The second-order valence-corrected chi connectivity index (χ2v) is 7.81. The van der Waals surface area contributed by atoms with Gasteiger partial charge >= 0.3 is 0 Å². The molecule has 2 saturated heterocycles. The van der Waals surface area contributed by atoms with Gasteiger partial charge in [0.2, 0.25) is 0 Å². The van der Waals surface area contributed by atoms with Crippen molar-refractivity contribution in [3.05, 3.63) is 24.2 Å². The predicted molar refractivity (Wildman–Crippen MR) is 131 cm³/mol. The summed E-state index contributed by atoms with van der Waals surface area (Å²) >= 11 is 0. The molecule has 30 heavy (non-hydrogen) atoms. The number of hydrogen-bond donors (Lipinski definition) is 2. The molecule has 0 aliphatic carbocycles. The lowest BCUT2D eigenvalue weighted by Gasteiger charge is -2.32. The molecule has 2 aliphatic heterocycles. The molecule has 0 spiro atoms. The van der Waals surface area contributed by atoms with Crippen LogP contribution in [0, 0.1) is 0 Å². The fourth-order valence-corrected chi connectivity index (χ4v) is 3.99. The van der Waals surface area contributed by atoms with Gasteiger partial charge in [-0.25, -0.2) is 0 Å². The van der Waals surface area contributed by atoms with Gasteiger partial charge < -0.3 is 24.5 Å². The van der Waals surface area contributed by atoms with Crippen LogP contribution in [0.25, 0.3) is 0 Å². The summed E-state index contributed by atoms with van der Waals surface area (Å²) in [6, 6.07) is 4.25. The van der Waals surface area contributed by atoms with E-state index in [1.54, 1.807) is 6.26 Å². The Kier molecular flexibility index (Phi) is 12.7. The van der Waals surface area contributed by atoms with E-state index in [-0.39, 0.29) is 30.0 Å². The van der Waals surface area contributed by atoms with E-state index in [0.29, 0.717) is 12.6 Å². The molecule has 0 radical (unpaired) electrons. The van der Waals surface area contributed by atoms with Crippen molar-refractivity contribution in [3.63, 3.8) is 0 Å². The molecule has 0 amide bonds. The maximum atomic E-state index is 5.95. The van der Waals surface area contributed by atoms with Crippen molar-refractivity contribution in [2.75, 3.05) is 52.5 Å². The Balaban J connectivity index is 0.00000320. The highest BCUT2D eigenvalue weighted by Gasteiger charge is 2.24. The van der Waals surface area contributed by atoms with Gasteiger partial charge in [0.05, 0.1) is 25.0 Å². The Hall–Kier alpha value is -0.840. The van der Waals surface area contributed by atoms with Gasteiger partial charge in [-0.1, -0.05) is 6.42 Å². The highest BCUT2D eigenvalue weighted by atomic mass is 127. The Morgan fingerprint density at radius 3 is 2.73 bits per heavy atom. The van der Waals surface area contributed by atoms with Gasteiger partial charge in [0, 0.05) is 32.9 Å². The Labute approximate surface area is 198 Å². The van der Waals surface area contributed by atoms with Gasteiger partial charge in [0.25, 0.3) is 0 Å². The number of aliphatic imine (C=N–C) groups is 1. The van der Waals surface area contributed by atoms with Crippen LogP contribution in [0.2, 0.25) is 0 Å². The summed E-state index contributed by atoms with van der Waals surface area (Å²) in [6.07, 6.45) is 8.96. The molecular weight excluding hydrogens is 495 g/mol. The van der Waals surface area contributed by atoms with Crippen molar-refractivity contribution in [1.82, 2.24) is 15.5 Å². The topological polar surface area (TPSA) is 71.3 Å². The lowest BCUT2D eigenvalue weighted by atomic mass is 10.1. The number of nitrogens with zero attached hydrogens (tertiary/aromatic N) is 2. The third-order valence-electron chi connectivity index (χ3n) is 5.61. The minimum Gasteiger partial charge on any atom is -0.468 e. The Morgan fingerprint density at radius 1 is 1.23 bits per heavy atom. The fraction of sp³-hybridized carbons (Fsp3) is 0.773. The lowest BCUT2D eigenvalue weighted by molar-refractivity contribution is -0.0320. The van der Waals surface area contributed by atoms with Crippen molar-refractivity contribution in [3.8, 4) is 0 Å². The quantitative estimate of drug-likeness (QED) is 0.207. The highest BCUT2D eigenvalue weighted by Crippen LogP contribution is 2.25. The number of ether oxygens (including phenoxy) is 2. The van der Waals surface area contributed by atoms with Crippen LogP contribution < -0.4 is 10.6 Å². The molecule has 0 aromatic carbocycles. The van der Waals surface area contributed by atoms with Gasteiger partial charge in [-0.3, -0.25) is 9.89 Å². The van der Waals surface area contributed by atoms with E-state index >= 15 is 0 Å². The molecule has 1 unspecified atom stereocenters. The lowest BCUT2D eigenvalue weighted by Crippen LogP contribution is -2.40. The molecule has 2 N–H and O–H groups in total. The van der Waals surface area contributed by atoms with Crippen molar-refractivity contribution in [2.45, 2.75) is 57.6 Å². The first-order valence-electron chi connectivity index (χ1n) is 11.4. The summed E-state index contributed by atoms with van der Waals surface area (Å²) in [4.78, 5) is 7.38. The first-order chi connectivity index (χ1) is 14.4. The van der Waals surface area contributed by atoms with E-state index in [0.717, 1.165) is 77.0 Å². The molecule has 0 saturated carbocycles. The number of rotatable bonds is 10. The second kappa shape index (κ2) is 15.0. The second-order valence-electron chi connectivity index (χ2n) is 7.81. The van der Waals surface area contributed by atoms with Crippen molar-refractivity contribution >= 4 is 29.9 Å². The number of nitrogens with one attached hydrogen (secondary N) is 2. The number of halogens is 1. The molecule has 3 rings (SSSR count). The number of piperidine rings is 1. The van der Waals surface area contributed by atoms with E-state index in [2.05, 4.69) is 28.5 Å². The summed E-state index contributed by atoms with van der Waals surface area (Å²) < 4.78 is 17.1. The first-order valence-corrected chi connectivity index (χ1v) is 11.4. The van der Waals surface area contributed by atoms with Crippen molar-refractivity contribution < 1.29 is 13.9 Å². The van der Waals surface area contributed by atoms with Crippen molar-refractivity contribution in [2.24, 2.45) is 4.99 Å². The summed E-state index contributed by atoms with van der Waals surface area (Å²) in [7, 11) is 0. The van der Waals surface area contributed by atoms with Gasteiger partial charge in [-0.15, -0.1) is 24.0 Å². The third kappa shape index (κ3) is 8.72. The molecule has 1 atom stereocenters. The summed E-state index contributed by atoms with van der Waals surface area (Å²) in [6.45, 7) is 9.16. The van der Waals surface area contributed by atoms with Crippen LogP contribution >= 0.6 is 24.0 Å². The SMILES string of the molecule is CCNC(=NCC(c1ccco1)N1CCCCC1)NCCCOC1CCOCC1.I. The molecule has 1 aromatic heterocycles. The molecule has 2 aliphatic rings. The fourth-order valence-electron chi connectivity index (χ4n) is 3.99. The van der Waals surface area contributed by atoms with Gasteiger partial charge in [0.1, 0.15) is 5.76 Å². The Morgan fingerprint density at radius 2 is 2.03 bits per heavy atom. The minimum absolute atomic E-state index is 0. The van der Waals surface area contributed by atoms with Gasteiger partial charge in [0.15, 0.2) is 5.96 Å². The summed E-state index contributed by atoms with van der Waals surface area (Å²) in [5, 5.41) is 6.81. The van der Waals surface area contributed by atoms with Crippen LogP contribution in [0.15, 0.2) is 27.8 Å². The standard InChI is InChI=1S/C22H38N4O3.HI/c1-2-23-22(24-11-7-15-28-19-9-16-27-17-10-19)25-18-20(21-8-6-14-29-21)26-12-4-3-5-13-26;/h6,8,14,19-20H,2-5,7,9-13,15-18H2,1H3,(H2,23,24,25);1H. The molecule has 3 heterocycles.